The molecule has 0 bridgehead atoms. The first-order chi connectivity index (χ1) is 15.2. The van der Waals surface area contributed by atoms with Gasteiger partial charge in [-0.05, 0) is 35.7 Å². The van der Waals surface area contributed by atoms with Crippen LogP contribution in [0.3, 0.4) is 0 Å². The molecule has 0 saturated carbocycles. The predicted molar refractivity (Wildman–Crippen MR) is 120 cm³/mol. The number of β-amino-alcohol motifs (C(OH)–C–C–N with tert-alkyl or cyclic N) is 1. The number of hydrogen-bond acceptors (Lipinski definition) is 6. The van der Waals surface area contributed by atoms with Gasteiger partial charge in [0.05, 0.1) is 43.1 Å². The number of aliphatic hydroxyl groups excluding tert-OH is 1. The molecular formula is C24H28N4O3. The molecule has 5 rings (SSSR count). The minimum atomic E-state index is -0.630. The van der Waals surface area contributed by atoms with E-state index < -0.39 is 6.10 Å². The van der Waals surface area contributed by atoms with Gasteiger partial charge in [0, 0.05) is 38.4 Å². The smallest absolute Gasteiger partial charge is 0.261 e. The lowest BCUT2D eigenvalue weighted by atomic mass is 10.00. The standard InChI is InChI=1S/C24H28N4O3/c29-21(15-26-8-7-18-3-1-2-4-19(18)14-26)16-28-17-25-23-13-20(5-6-22(23)24(28)30)27-9-11-31-12-10-27/h1-6,13,17,21,29H,7-12,14-16H2/t21-/m1/s1. The molecule has 1 saturated heterocycles. The number of nitrogens with zero attached hydrogens (tertiary/aromatic N) is 4. The van der Waals surface area contributed by atoms with E-state index in [1.165, 1.54) is 15.7 Å². The molecular weight excluding hydrogens is 392 g/mol. The van der Waals surface area contributed by atoms with E-state index in [1.54, 1.807) is 6.33 Å². The fraction of sp³-hybridized carbons (Fsp3) is 0.417. The summed E-state index contributed by atoms with van der Waals surface area (Å²) in [5, 5.41) is 11.2. The van der Waals surface area contributed by atoms with Gasteiger partial charge in [-0.2, -0.15) is 0 Å². The number of hydrogen-bond donors (Lipinski definition) is 1. The second kappa shape index (κ2) is 8.78. The lowest BCUT2D eigenvalue weighted by Gasteiger charge is -2.30. The average Bonchev–Trinajstić information content (AvgIpc) is 2.81. The molecule has 0 aliphatic carbocycles. The number of fused-ring (bicyclic) bond motifs is 2. The van der Waals surface area contributed by atoms with Crippen molar-refractivity contribution in [2.75, 3.05) is 44.3 Å². The third-order valence-corrected chi connectivity index (χ3v) is 6.27. The monoisotopic (exact) mass is 420 g/mol. The van der Waals surface area contributed by atoms with Gasteiger partial charge in [0.1, 0.15) is 0 Å². The lowest BCUT2D eigenvalue weighted by Crippen LogP contribution is -2.39. The number of rotatable bonds is 5. The minimum Gasteiger partial charge on any atom is -0.390 e. The molecule has 0 unspecified atom stereocenters. The van der Waals surface area contributed by atoms with Crippen molar-refractivity contribution in [2.45, 2.75) is 25.6 Å². The number of morpholine rings is 1. The van der Waals surface area contributed by atoms with E-state index in [0.29, 0.717) is 30.7 Å². The first-order valence-corrected chi connectivity index (χ1v) is 11.0. The highest BCUT2D eigenvalue weighted by molar-refractivity contribution is 5.81. The van der Waals surface area contributed by atoms with Crippen LogP contribution in [0, 0.1) is 0 Å². The van der Waals surface area contributed by atoms with E-state index in [1.807, 2.05) is 18.2 Å². The maximum Gasteiger partial charge on any atom is 0.261 e. The molecule has 0 amide bonds. The molecule has 31 heavy (non-hydrogen) atoms. The Hall–Kier alpha value is -2.74. The van der Waals surface area contributed by atoms with Gasteiger partial charge in [0.2, 0.25) is 0 Å². The Balaban J connectivity index is 1.28. The molecule has 162 valence electrons. The van der Waals surface area contributed by atoms with Crippen LogP contribution >= 0.6 is 0 Å². The largest absolute Gasteiger partial charge is 0.390 e. The second-order valence-electron chi connectivity index (χ2n) is 8.41. The van der Waals surface area contributed by atoms with Crippen molar-refractivity contribution < 1.29 is 9.84 Å². The fourth-order valence-corrected chi connectivity index (χ4v) is 4.59. The van der Waals surface area contributed by atoms with Crippen LogP contribution in [0.4, 0.5) is 5.69 Å². The molecule has 7 nitrogen and oxygen atoms in total. The first kappa shape index (κ1) is 20.2. The summed E-state index contributed by atoms with van der Waals surface area (Å²) in [5.41, 5.74) is 4.35. The lowest BCUT2D eigenvalue weighted by molar-refractivity contribution is 0.0908. The summed E-state index contributed by atoms with van der Waals surface area (Å²) in [6.45, 7) is 5.65. The highest BCUT2D eigenvalue weighted by atomic mass is 16.5. The minimum absolute atomic E-state index is 0.110. The Kier molecular flexibility index (Phi) is 5.72. The summed E-state index contributed by atoms with van der Waals surface area (Å²) in [6.07, 6.45) is 1.92. The average molecular weight is 421 g/mol. The number of aromatic nitrogens is 2. The van der Waals surface area contributed by atoms with Crippen molar-refractivity contribution in [3.63, 3.8) is 0 Å². The van der Waals surface area contributed by atoms with Crippen LogP contribution in [-0.2, 0) is 24.2 Å². The van der Waals surface area contributed by atoms with Crippen LogP contribution in [-0.4, -0.2) is 65.1 Å². The van der Waals surface area contributed by atoms with Crippen LogP contribution in [0.15, 0.2) is 53.6 Å². The van der Waals surface area contributed by atoms with Gasteiger partial charge in [-0.25, -0.2) is 4.98 Å². The molecule has 3 heterocycles. The maximum absolute atomic E-state index is 13.0. The quantitative estimate of drug-likeness (QED) is 0.677. The number of anilines is 1. The van der Waals surface area contributed by atoms with Crippen LogP contribution in [0.5, 0.6) is 0 Å². The summed E-state index contributed by atoms with van der Waals surface area (Å²) in [6, 6.07) is 14.2. The molecule has 1 aromatic heterocycles. The van der Waals surface area contributed by atoms with Crippen LogP contribution in [0.1, 0.15) is 11.1 Å². The van der Waals surface area contributed by atoms with Gasteiger partial charge in [-0.1, -0.05) is 24.3 Å². The number of aliphatic hydroxyl groups is 1. The van der Waals surface area contributed by atoms with Gasteiger partial charge in [0.15, 0.2) is 0 Å². The third-order valence-electron chi connectivity index (χ3n) is 6.27. The summed E-state index contributed by atoms with van der Waals surface area (Å²) in [7, 11) is 0. The van der Waals surface area contributed by atoms with Crippen molar-refractivity contribution in [1.29, 1.82) is 0 Å². The van der Waals surface area contributed by atoms with Crippen molar-refractivity contribution >= 4 is 16.6 Å². The van der Waals surface area contributed by atoms with Crippen molar-refractivity contribution in [1.82, 2.24) is 14.5 Å². The molecule has 2 aromatic carbocycles. The predicted octanol–water partition coefficient (Wildman–Crippen LogP) is 1.65. The van der Waals surface area contributed by atoms with E-state index in [0.717, 1.165) is 38.3 Å². The van der Waals surface area contributed by atoms with Crippen molar-refractivity contribution in [3.8, 4) is 0 Å². The van der Waals surface area contributed by atoms with Gasteiger partial charge < -0.3 is 14.7 Å². The highest BCUT2D eigenvalue weighted by Gasteiger charge is 2.19. The Morgan fingerprint density at radius 1 is 1.03 bits per heavy atom. The first-order valence-electron chi connectivity index (χ1n) is 11.0. The maximum atomic E-state index is 13.0. The molecule has 3 aromatic rings. The van der Waals surface area contributed by atoms with E-state index in [-0.39, 0.29) is 12.1 Å². The summed E-state index contributed by atoms with van der Waals surface area (Å²) < 4.78 is 6.94. The van der Waals surface area contributed by atoms with Gasteiger partial charge in [-0.3, -0.25) is 14.3 Å². The summed E-state index contributed by atoms with van der Waals surface area (Å²) >= 11 is 0. The van der Waals surface area contributed by atoms with E-state index in [2.05, 4.69) is 39.0 Å². The normalized spacial score (nSPS) is 18.2. The van der Waals surface area contributed by atoms with Gasteiger partial charge in [0.25, 0.3) is 5.56 Å². The summed E-state index contributed by atoms with van der Waals surface area (Å²) in [4.78, 5) is 22.0. The third kappa shape index (κ3) is 4.35. The Labute approximate surface area is 181 Å². The van der Waals surface area contributed by atoms with E-state index >= 15 is 0 Å². The number of ether oxygens (including phenoxy) is 1. The molecule has 2 aliphatic rings. The summed E-state index contributed by atoms with van der Waals surface area (Å²) in [5.74, 6) is 0. The Morgan fingerprint density at radius 3 is 2.68 bits per heavy atom. The van der Waals surface area contributed by atoms with Crippen molar-refractivity contribution in [2.24, 2.45) is 0 Å². The van der Waals surface area contributed by atoms with Gasteiger partial charge >= 0.3 is 0 Å². The van der Waals surface area contributed by atoms with Crippen LogP contribution < -0.4 is 10.5 Å². The molecule has 1 fully saturated rings. The molecule has 0 radical (unpaired) electrons. The van der Waals surface area contributed by atoms with Gasteiger partial charge in [-0.15, -0.1) is 0 Å². The molecule has 0 spiro atoms. The molecule has 2 aliphatic heterocycles. The molecule has 1 N–H and O–H groups in total. The van der Waals surface area contributed by atoms with Crippen LogP contribution in [0.2, 0.25) is 0 Å². The van der Waals surface area contributed by atoms with Crippen molar-refractivity contribution in [3.05, 3.63) is 70.3 Å². The zero-order valence-corrected chi connectivity index (χ0v) is 17.6. The van der Waals surface area contributed by atoms with E-state index in [4.69, 9.17) is 4.74 Å². The van der Waals surface area contributed by atoms with Crippen LogP contribution in [0.25, 0.3) is 10.9 Å². The zero-order chi connectivity index (χ0) is 21.2. The molecule has 7 heteroatoms. The topological polar surface area (TPSA) is 70.8 Å². The number of benzene rings is 2. The second-order valence-corrected chi connectivity index (χ2v) is 8.41. The molecule has 1 atom stereocenters. The highest BCUT2D eigenvalue weighted by Crippen LogP contribution is 2.21. The zero-order valence-electron chi connectivity index (χ0n) is 17.6. The van der Waals surface area contributed by atoms with E-state index in [9.17, 15) is 9.90 Å². The Morgan fingerprint density at radius 2 is 1.84 bits per heavy atom. The fourth-order valence-electron chi connectivity index (χ4n) is 4.59. The Bertz CT molecular complexity index is 1120. The SMILES string of the molecule is O=c1c2ccc(N3CCOCC3)cc2ncn1C[C@H](O)CN1CCc2ccccc2C1.